The topological polar surface area (TPSA) is 88.0 Å². The van der Waals surface area contributed by atoms with Gasteiger partial charge in [0, 0.05) is 17.8 Å². The molecule has 0 amide bonds. The molecular formula is C15H22N2O4S. The monoisotopic (exact) mass is 326 g/mol. The molecule has 1 aromatic carbocycles. The fourth-order valence-electron chi connectivity index (χ4n) is 2.69. The smallest absolute Gasteiger partial charge is 0.209 e. The number of aromatic hydroxyl groups is 1. The Bertz CT molecular complexity index is 643. The Kier molecular flexibility index (Phi) is 5.42. The van der Waals surface area contributed by atoms with Crippen molar-refractivity contribution in [1.82, 2.24) is 4.72 Å². The minimum absolute atomic E-state index is 0.0391. The molecule has 0 aromatic heterocycles. The fourth-order valence-corrected chi connectivity index (χ4v) is 3.51. The van der Waals surface area contributed by atoms with Gasteiger partial charge >= 0.3 is 0 Å². The predicted molar refractivity (Wildman–Crippen MR) is 86.3 cm³/mol. The molecule has 0 radical (unpaired) electrons. The van der Waals surface area contributed by atoms with Crippen LogP contribution in [0.2, 0.25) is 0 Å². The molecule has 2 N–H and O–H groups in total. The highest BCUT2D eigenvalue weighted by molar-refractivity contribution is 7.88. The quantitative estimate of drug-likeness (QED) is 0.806. The molecular weight excluding hydrogens is 304 g/mol. The van der Waals surface area contributed by atoms with Gasteiger partial charge in [-0.1, -0.05) is 18.9 Å². The minimum Gasteiger partial charge on any atom is -0.504 e. The summed E-state index contributed by atoms with van der Waals surface area (Å²) in [6.45, 7) is 0. The lowest BCUT2D eigenvalue weighted by atomic mass is 9.91. The number of ether oxygens (including phenoxy) is 1. The third kappa shape index (κ3) is 4.45. The summed E-state index contributed by atoms with van der Waals surface area (Å²) in [6, 6.07) is 4.87. The number of nitrogens with one attached hydrogen (secondary N) is 1. The van der Waals surface area contributed by atoms with Crippen molar-refractivity contribution >= 4 is 16.2 Å². The standard InChI is InChI=1S/C15H22N2O4S/c1-21-14-9-5-6-11(15(14)18)10-16-12-7-3-4-8-13(12)17-22(2,19)20/h5-6,9-10,12-13,17-18H,3-4,7-8H2,1-2H3/t12-,13-/m1/s1. The summed E-state index contributed by atoms with van der Waals surface area (Å²) in [5, 5.41) is 10.0. The van der Waals surface area contributed by atoms with Gasteiger partial charge in [-0.3, -0.25) is 4.99 Å². The van der Waals surface area contributed by atoms with Crippen LogP contribution in [-0.2, 0) is 10.0 Å². The molecule has 1 aliphatic carbocycles. The van der Waals surface area contributed by atoms with Crippen LogP contribution in [0.4, 0.5) is 0 Å². The van der Waals surface area contributed by atoms with Crippen LogP contribution in [0.3, 0.4) is 0 Å². The third-order valence-corrected chi connectivity index (χ3v) is 4.48. The lowest BCUT2D eigenvalue weighted by Crippen LogP contribution is -2.43. The number of methoxy groups -OCH3 is 1. The maximum absolute atomic E-state index is 11.4. The molecule has 1 aromatic rings. The predicted octanol–water partition coefficient (Wildman–Crippen LogP) is 1.68. The third-order valence-electron chi connectivity index (χ3n) is 3.75. The Morgan fingerprint density at radius 1 is 1.36 bits per heavy atom. The molecule has 0 bridgehead atoms. The number of hydrogen-bond acceptors (Lipinski definition) is 5. The second-order valence-electron chi connectivity index (χ2n) is 5.52. The van der Waals surface area contributed by atoms with E-state index >= 15 is 0 Å². The molecule has 6 nitrogen and oxygen atoms in total. The zero-order valence-corrected chi connectivity index (χ0v) is 13.6. The summed E-state index contributed by atoms with van der Waals surface area (Å²) in [5.41, 5.74) is 0.558. The van der Waals surface area contributed by atoms with Crippen LogP contribution in [0.25, 0.3) is 0 Å². The summed E-state index contributed by atoms with van der Waals surface area (Å²) >= 11 is 0. The van der Waals surface area contributed by atoms with Gasteiger partial charge in [0.15, 0.2) is 11.5 Å². The Labute approximate surface area is 131 Å². The van der Waals surface area contributed by atoms with Crippen molar-refractivity contribution in [2.24, 2.45) is 4.99 Å². The first-order valence-electron chi connectivity index (χ1n) is 7.27. The molecule has 0 saturated heterocycles. The van der Waals surface area contributed by atoms with Gasteiger partial charge in [-0.15, -0.1) is 0 Å². The molecule has 1 aliphatic rings. The number of phenolic OH excluding ortho intramolecular Hbond substituents is 1. The van der Waals surface area contributed by atoms with Gasteiger partial charge in [0.25, 0.3) is 0 Å². The van der Waals surface area contributed by atoms with Crippen molar-refractivity contribution in [1.29, 1.82) is 0 Å². The lowest BCUT2D eigenvalue weighted by molar-refractivity contribution is 0.363. The van der Waals surface area contributed by atoms with Gasteiger partial charge in [-0.05, 0) is 25.0 Å². The normalized spacial score (nSPS) is 22.8. The highest BCUT2D eigenvalue weighted by Gasteiger charge is 2.26. The van der Waals surface area contributed by atoms with Gasteiger partial charge in [0.05, 0.1) is 19.4 Å². The lowest BCUT2D eigenvalue weighted by Gasteiger charge is -2.28. The number of hydrogen-bond donors (Lipinski definition) is 2. The Morgan fingerprint density at radius 2 is 2.09 bits per heavy atom. The van der Waals surface area contributed by atoms with Crippen LogP contribution in [0, 0.1) is 0 Å². The summed E-state index contributed by atoms with van der Waals surface area (Å²) < 4.78 is 30.6. The minimum atomic E-state index is -3.25. The summed E-state index contributed by atoms with van der Waals surface area (Å²) in [5.74, 6) is 0.426. The summed E-state index contributed by atoms with van der Waals surface area (Å²) in [7, 11) is -1.76. The highest BCUT2D eigenvalue weighted by Crippen LogP contribution is 2.28. The number of aliphatic imine (C=N–C) groups is 1. The van der Waals surface area contributed by atoms with Crippen LogP contribution in [0.1, 0.15) is 31.2 Å². The number of nitrogens with zero attached hydrogens (tertiary/aromatic N) is 1. The van der Waals surface area contributed by atoms with Gasteiger partial charge in [-0.25, -0.2) is 13.1 Å². The van der Waals surface area contributed by atoms with Crippen molar-refractivity contribution < 1.29 is 18.3 Å². The first-order chi connectivity index (χ1) is 10.4. The number of para-hydroxylation sites is 1. The van der Waals surface area contributed by atoms with E-state index in [1.807, 2.05) is 0 Å². The van der Waals surface area contributed by atoms with Crippen molar-refractivity contribution in [3.05, 3.63) is 23.8 Å². The van der Waals surface area contributed by atoms with Crippen molar-refractivity contribution in [2.75, 3.05) is 13.4 Å². The van der Waals surface area contributed by atoms with Crippen LogP contribution in [0.5, 0.6) is 11.5 Å². The van der Waals surface area contributed by atoms with Gasteiger partial charge in [-0.2, -0.15) is 0 Å². The molecule has 0 aliphatic heterocycles. The molecule has 7 heteroatoms. The maximum Gasteiger partial charge on any atom is 0.209 e. The van der Waals surface area contributed by atoms with E-state index in [1.54, 1.807) is 24.4 Å². The van der Waals surface area contributed by atoms with E-state index < -0.39 is 10.0 Å². The van der Waals surface area contributed by atoms with Gasteiger partial charge < -0.3 is 9.84 Å². The van der Waals surface area contributed by atoms with E-state index in [0.29, 0.717) is 11.3 Å². The Balaban J connectivity index is 2.16. The Morgan fingerprint density at radius 3 is 2.77 bits per heavy atom. The average Bonchev–Trinajstić information content (AvgIpc) is 2.46. The maximum atomic E-state index is 11.4. The number of sulfonamides is 1. The van der Waals surface area contributed by atoms with E-state index in [1.165, 1.54) is 7.11 Å². The number of rotatable bonds is 5. The van der Waals surface area contributed by atoms with Gasteiger partial charge in [0.1, 0.15) is 0 Å². The zero-order chi connectivity index (χ0) is 16.2. The average molecular weight is 326 g/mol. The number of phenols is 1. The molecule has 0 spiro atoms. The molecule has 1 saturated carbocycles. The zero-order valence-electron chi connectivity index (χ0n) is 12.8. The molecule has 2 atom stereocenters. The van der Waals surface area contributed by atoms with E-state index in [-0.39, 0.29) is 17.8 Å². The van der Waals surface area contributed by atoms with Crippen LogP contribution >= 0.6 is 0 Å². The van der Waals surface area contributed by atoms with E-state index in [2.05, 4.69) is 9.71 Å². The number of benzene rings is 1. The second kappa shape index (κ2) is 7.11. The van der Waals surface area contributed by atoms with E-state index in [0.717, 1.165) is 31.9 Å². The fraction of sp³-hybridized carbons (Fsp3) is 0.533. The first kappa shape index (κ1) is 16.8. The molecule has 0 heterocycles. The van der Waals surface area contributed by atoms with Crippen LogP contribution in [-0.4, -0.2) is 45.2 Å². The van der Waals surface area contributed by atoms with E-state index in [4.69, 9.17) is 4.74 Å². The van der Waals surface area contributed by atoms with Crippen LogP contribution in [0.15, 0.2) is 23.2 Å². The largest absolute Gasteiger partial charge is 0.504 e. The molecule has 1 fully saturated rings. The van der Waals surface area contributed by atoms with Crippen LogP contribution < -0.4 is 9.46 Å². The van der Waals surface area contributed by atoms with Crippen molar-refractivity contribution in [2.45, 2.75) is 37.8 Å². The van der Waals surface area contributed by atoms with E-state index in [9.17, 15) is 13.5 Å². The highest BCUT2D eigenvalue weighted by atomic mass is 32.2. The van der Waals surface area contributed by atoms with Crippen molar-refractivity contribution in [3.8, 4) is 11.5 Å². The molecule has 2 rings (SSSR count). The Hall–Kier alpha value is -1.60. The summed E-state index contributed by atoms with van der Waals surface area (Å²) in [4.78, 5) is 4.49. The molecule has 122 valence electrons. The van der Waals surface area contributed by atoms with Crippen molar-refractivity contribution in [3.63, 3.8) is 0 Å². The SMILES string of the molecule is COc1cccc(C=N[C@@H]2CCCC[C@H]2NS(C)(=O)=O)c1O. The van der Waals surface area contributed by atoms with Gasteiger partial charge in [0.2, 0.25) is 10.0 Å². The molecule has 0 unspecified atom stereocenters. The second-order valence-corrected chi connectivity index (χ2v) is 7.30. The first-order valence-corrected chi connectivity index (χ1v) is 9.16. The molecule has 22 heavy (non-hydrogen) atoms. The summed E-state index contributed by atoms with van der Waals surface area (Å²) in [6.07, 6.45) is 6.37.